The van der Waals surface area contributed by atoms with E-state index in [1.807, 2.05) is 4.90 Å². The van der Waals surface area contributed by atoms with Crippen molar-refractivity contribution in [3.05, 3.63) is 29.8 Å². The van der Waals surface area contributed by atoms with E-state index < -0.39 is 10.0 Å². The maximum atomic E-state index is 12.7. The van der Waals surface area contributed by atoms with Crippen molar-refractivity contribution in [1.82, 2.24) is 14.1 Å². The zero-order valence-electron chi connectivity index (χ0n) is 15.9. The molecule has 0 unspecified atom stereocenters. The van der Waals surface area contributed by atoms with Gasteiger partial charge in [0.2, 0.25) is 15.9 Å². The maximum Gasteiger partial charge on any atom is 0.253 e. The van der Waals surface area contributed by atoms with Crippen molar-refractivity contribution >= 4 is 21.8 Å². The van der Waals surface area contributed by atoms with Gasteiger partial charge in [-0.05, 0) is 37.1 Å². The van der Waals surface area contributed by atoms with Gasteiger partial charge in [-0.15, -0.1) is 0 Å². The minimum absolute atomic E-state index is 0.125. The third-order valence-corrected chi connectivity index (χ3v) is 7.31. The number of sulfonamides is 1. The third-order valence-electron chi connectivity index (χ3n) is 5.25. The summed E-state index contributed by atoms with van der Waals surface area (Å²) >= 11 is 0. The standard InChI is InChI=1S/C19H27N3O4S/c1-3-22(4-2)27(25,26)17-9-7-16(8-10-17)19(24)21-13-11-20(12-14-21)18(23)15-5-6-15/h7-10,15H,3-6,11-14H2,1-2H3. The number of carbonyl (C=O) groups is 2. The monoisotopic (exact) mass is 393 g/mol. The zero-order chi connectivity index (χ0) is 19.6. The van der Waals surface area contributed by atoms with Gasteiger partial charge in [-0.1, -0.05) is 13.8 Å². The number of hydrogen-bond donors (Lipinski definition) is 0. The van der Waals surface area contributed by atoms with Gasteiger partial charge in [0.25, 0.3) is 5.91 Å². The second-order valence-electron chi connectivity index (χ2n) is 7.01. The highest BCUT2D eigenvalue weighted by molar-refractivity contribution is 7.89. The fourth-order valence-electron chi connectivity index (χ4n) is 3.38. The Balaban J connectivity index is 1.63. The van der Waals surface area contributed by atoms with Crippen LogP contribution in [0.3, 0.4) is 0 Å². The number of amides is 2. The molecule has 0 spiro atoms. The molecule has 1 heterocycles. The Bertz CT molecular complexity index is 791. The lowest BCUT2D eigenvalue weighted by molar-refractivity contribution is -0.134. The van der Waals surface area contributed by atoms with Crippen molar-refractivity contribution in [3.8, 4) is 0 Å². The summed E-state index contributed by atoms with van der Waals surface area (Å²) in [6.45, 7) is 6.56. The number of rotatable bonds is 6. The largest absolute Gasteiger partial charge is 0.339 e. The Labute approximate surface area is 161 Å². The molecule has 1 aromatic rings. The van der Waals surface area contributed by atoms with E-state index in [4.69, 9.17) is 0 Å². The first kappa shape index (κ1) is 19.8. The van der Waals surface area contributed by atoms with Crippen LogP contribution in [-0.4, -0.2) is 73.6 Å². The Kier molecular flexibility index (Phi) is 5.86. The molecule has 1 aromatic carbocycles. The van der Waals surface area contributed by atoms with Gasteiger partial charge in [0, 0.05) is 50.7 Å². The van der Waals surface area contributed by atoms with E-state index in [9.17, 15) is 18.0 Å². The summed E-state index contributed by atoms with van der Waals surface area (Å²) in [6.07, 6.45) is 1.97. The van der Waals surface area contributed by atoms with E-state index in [2.05, 4.69) is 0 Å². The topological polar surface area (TPSA) is 78.0 Å². The molecule has 0 N–H and O–H groups in total. The van der Waals surface area contributed by atoms with Crippen LogP contribution in [-0.2, 0) is 14.8 Å². The summed E-state index contributed by atoms with van der Waals surface area (Å²) < 4.78 is 26.4. The minimum Gasteiger partial charge on any atom is -0.339 e. The first-order valence-corrected chi connectivity index (χ1v) is 11.0. The van der Waals surface area contributed by atoms with Crippen LogP contribution in [0.25, 0.3) is 0 Å². The van der Waals surface area contributed by atoms with E-state index in [-0.39, 0.29) is 22.6 Å². The van der Waals surface area contributed by atoms with Gasteiger partial charge >= 0.3 is 0 Å². The van der Waals surface area contributed by atoms with Crippen molar-refractivity contribution in [3.63, 3.8) is 0 Å². The fraction of sp³-hybridized carbons (Fsp3) is 0.579. The minimum atomic E-state index is -3.52. The molecule has 0 aromatic heterocycles. The molecule has 1 saturated carbocycles. The molecule has 2 fully saturated rings. The number of carbonyl (C=O) groups excluding carboxylic acids is 2. The molecular formula is C19H27N3O4S. The molecule has 2 aliphatic rings. The predicted octanol–water partition coefficient (Wildman–Crippen LogP) is 1.41. The number of benzene rings is 1. The average Bonchev–Trinajstić information content (AvgIpc) is 3.53. The first-order chi connectivity index (χ1) is 12.9. The second-order valence-corrected chi connectivity index (χ2v) is 8.94. The molecule has 3 rings (SSSR count). The van der Waals surface area contributed by atoms with E-state index in [0.29, 0.717) is 44.8 Å². The summed E-state index contributed by atoms with van der Waals surface area (Å²) in [5.41, 5.74) is 0.468. The van der Waals surface area contributed by atoms with Crippen LogP contribution in [0.4, 0.5) is 0 Å². The van der Waals surface area contributed by atoms with Gasteiger partial charge in [0.1, 0.15) is 0 Å². The van der Waals surface area contributed by atoms with Crippen LogP contribution in [0.1, 0.15) is 37.0 Å². The van der Waals surface area contributed by atoms with Crippen LogP contribution in [0.5, 0.6) is 0 Å². The number of hydrogen-bond acceptors (Lipinski definition) is 4. The molecule has 2 amide bonds. The zero-order valence-corrected chi connectivity index (χ0v) is 16.7. The lowest BCUT2D eigenvalue weighted by Crippen LogP contribution is -2.51. The molecule has 1 saturated heterocycles. The molecule has 8 heteroatoms. The van der Waals surface area contributed by atoms with Gasteiger partial charge in [-0.25, -0.2) is 8.42 Å². The highest BCUT2D eigenvalue weighted by Crippen LogP contribution is 2.31. The third kappa shape index (κ3) is 4.16. The Morgan fingerprint density at radius 1 is 0.963 bits per heavy atom. The van der Waals surface area contributed by atoms with Crippen LogP contribution in [0.2, 0.25) is 0 Å². The molecule has 0 atom stereocenters. The molecule has 0 bridgehead atoms. The summed E-state index contributed by atoms with van der Waals surface area (Å²) in [4.78, 5) is 28.6. The quantitative estimate of drug-likeness (QED) is 0.732. The van der Waals surface area contributed by atoms with Crippen molar-refractivity contribution in [2.75, 3.05) is 39.3 Å². The van der Waals surface area contributed by atoms with E-state index in [0.717, 1.165) is 12.8 Å². The normalized spacial score (nSPS) is 18.0. The van der Waals surface area contributed by atoms with Crippen molar-refractivity contribution in [2.45, 2.75) is 31.6 Å². The van der Waals surface area contributed by atoms with Crippen LogP contribution < -0.4 is 0 Å². The van der Waals surface area contributed by atoms with E-state index >= 15 is 0 Å². The highest BCUT2D eigenvalue weighted by Gasteiger charge is 2.35. The molecule has 148 valence electrons. The number of piperazine rings is 1. The lowest BCUT2D eigenvalue weighted by atomic mass is 10.1. The summed E-state index contributed by atoms with van der Waals surface area (Å²) in [5, 5.41) is 0. The van der Waals surface area contributed by atoms with Gasteiger partial charge in [-0.2, -0.15) is 4.31 Å². The van der Waals surface area contributed by atoms with E-state index in [1.54, 1.807) is 30.9 Å². The first-order valence-electron chi connectivity index (χ1n) is 9.56. The Hall–Kier alpha value is -1.93. The SMILES string of the molecule is CCN(CC)S(=O)(=O)c1ccc(C(=O)N2CCN(C(=O)C3CC3)CC2)cc1. The summed E-state index contributed by atoms with van der Waals surface area (Å²) in [5.74, 6) is 0.293. The van der Waals surface area contributed by atoms with Crippen LogP contribution in [0.15, 0.2) is 29.2 Å². The molecule has 27 heavy (non-hydrogen) atoms. The molecule has 1 aliphatic carbocycles. The highest BCUT2D eigenvalue weighted by atomic mass is 32.2. The van der Waals surface area contributed by atoms with E-state index in [1.165, 1.54) is 16.4 Å². The van der Waals surface area contributed by atoms with Crippen LogP contribution in [0, 0.1) is 5.92 Å². The fourth-order valence-corrected chi connectivity index (χ4v) is 4.84. The Morgan fingerprint density at radius 2 is 1.48 bits per heavy atom. The molecule has 1 aliphatic heterocycles. The van der Waals surface area contributed by atoms with Crippen molar-refractivity contribution < 1.29 is 18.0 Å². The molecular weight excluding hydrogens is 366 g/mol. The lowest BCUT2D eigenvalue weighted by Gasteiger charge is -2.35. The maximum absolute atomic E-state index is 12.7. The van der Waals surface area contributed by atoms with Gasteiger partial charge in [0.15, 0.2) is 0 Å². The smallest absolute Gasteiger partial charge is 0.253 e. The van der Waals surface area contributed by atoms with Gasteiger partial charge in [-0.3, -0.25) is 9.59 Å². The summed E-state index contributed by atoms with van der Waals surface area (Å²) in [6, 6.07) is 6.13. The summed E-state index contributed by atoms with van der Waals surface area (Å²) in [7, 11) is -3.52. The number of nitrogens with zero attached hydrogens (tertiary/aromatic N) is 3. The second kappa shape index (κ2) is 7.98. The van der Waals surface area contributed by atoms with Crippen molar-refractivity contribution in [2.24, 2.45) is 5.92 Å². The van der Waals surface area contributed by atoms with Gasteiger partial charge < -0.3 is 9.80 Å². The Morgan fingerprint density at radius 3 is 1.96 bits per heavy atom. The molecule has 0 radical (unpaired) electrons. The van der Waals surface area contributed by atoms with Crippen LogP contribution >= 0.6 is 0 Å². The average molecular weight is 394 g/mol. The predicted molar refractivity (Wildman–Crippen MR) is 102 cm³/mol. The molecule has 7 nitrogen and oxygen atoms in total. The van der Waals surface area contributed by atoms with Gasteiger partial charge in [0.05, 0.1) is 4.90 Å². The van der Waals surface area contributed by atoms with Crippen molar-refractivity contribution in [1.29, 1.82) is 0 Å².